The maximum absolute atomic E-state index is 11.9. The summed E-state index contributed by atoms with van der Waals surface area (Å²) in [7, 11) is -3.01. The lowest BCUT2D eigenvalue weighted by Crippen LogP contribution is -2.34. The molecule has 0 bridgehead atoms. The molecule has 6 heteroatoms. The Bertz CT molecular complexity index is 669. The lowest BCUT2D eigenvalue weighted by Gasteiger charge is -2.11. The number of hydrogen-bond donors (Lipinski definition) is 1. The maximum Gasteiger partial charge on any atom is 0.224 e. The fourth-order valence-electron chi connectivity index (χ4n) is 3.13. The second kappa shape index (κ2) is 6.28. The number of carbonyl (C=O) groups is 1. The van der Waals surface area contributed by atoms with Crippen molar-refractivity contribution in [3.8, 4) is 5.75 Å². The van der Waals surface area contributed by atoms with E-state index in [1.165, 1.54) is 17.5 Å². The van der Waals surface area contributed by atoms with Gasteiger partial charge in [0, 0.05) is 0 Å². The van der Waals surface area contributed by atoms with Gasteiger partial charge < -0.3 is 10.1 Å². The minimum atomic E-state index is -3.01. The van der Waals surface area contributed by atoms with Crippen molar-refractivity contribution in [2.75, 3.05) is 24.7 Å². The van der Waals surface area contributed by atoms with Crippen molar-refractivity contribution in [2.24, 2.45) is 5.92 Å². The van der Waals surface area contributed by atoms with Gasteiger partial charge in [0.05, 0.1) is 24.0 Å². The van der Waals surface area contributed by atoms with E-state index in [1.807, 2.05) is 6.07 Å². The van der Waals surface area contributed by atoms with Crippen LogP contribution in [0.3, 0.4) is 0 Å². The number of ether oxygens (including phenoxy) is 1. The Hall–Kier alpha value is -1.56. The van der Waals surface area contributed by atoms with Gasteiger partial charge in [-0.2, -0.15) is 0 Å². The fraction of sp³-hybridized carbons (Fsp3) is 0.562. The smallest absolute Gasteiger partial charge is 0.224 e. The first-order valence-electron chi connectivity index (χ1n) is 7.76. The minimum Gasteiger partial charge on any atom is -0.492 e. The fourth-order valence-corrected chi connectivity index (χ4v) is 4.87. The van der Waals surface area contributed by atoms with Gasteiger partial charge in [0.25, 0.3) is 0 Å². The summed E-state index contributed by atoms with van der Waals surface area (Å²) in [4.78, 5) is 11.9. The molecule has 1 saturated heterocycles. The van der Waals surface area contributed by atoms with Crippen LogP contribution in [-0.4, -0.2) is 39.0 Å². The molecule has 1 amide bonds. The van der Waals surface area contributed by atoms with E-state index in [0.717, 1.165) is 18.6 Å². The molecule has 1 aliphatic heterocycles. The predicted molar refractivity (Wildman–Crippen MR) is 83.7 cm³/mol. The van der Waals surface area contributed by atoms with E-state index < -0.39 is 15.8 Å². The highest BCUT2D eigenvalue weighted by molar-refractivity contribution is 7.91. The Morgan fingerprint density at radius 2 is 2.09 bits per heavy atom. The molecule has 1 aromatic carbocycles. The first-order chi connectivity index (χ1) is 10.5. The number of amides is 1. The van der Waals surface area contributed by atoms with Gasteiger partial charge >= 0.3 is 0 Å². The standard InChI is InChI=1S/C16H21NO4S/c18-16(14-6-9-22(19,20)11-14)17-7-8-21-15-5-4-12-2-1-3-13(12)10-15/h4-5,10,14H,1-3,6-9,11H2,(H,17,18). The average Bonchev–Trinajstić information content (AvgIpc) is 3.08. The van der Waals surface area contributed by atoms with Crippen LogP contribution in [0.2, 0.25) is 0 Å². The van der Waals surface area contributed by atoms with Crippen LogP contribution in [0.4, 0.5) is 0 Å². The second-order valence-electron chi connectivity index (χ2n) is 6.02. The Morgan fingerprint density at radius 3 is 2.86 bits per heavy atom. The van der Waals surface area contributed by atoms with Crippen LogP contribution in [0.15, 0.2) is 18.2 Å². The maximum atomic E-state index is 11.9. The topological polar surface area (TPSA) is 72.5 Å². The zero-order chi connectivity index (χ0) is 15.6. The zero-order valence-corrected chi connectivity index (χ0v) is 13.3. The zero-order valence-electron chi connectivity index (χ0n) is 12.5. The first kappa shape index (κ1) is 15.3. The highest BCUT2D eigenvalue weighted by Gasteiger charge is 2.32. The molecular formula is C16H21NO4S. The summed E-state index contributed by atoms with van der Waals surface area (Å²) in [5.41, 5.74) is 2.76. The third-order valence-corrected chi connectivity index (χ3v) is 6.11. The third kappa shape index (κ3) is 3.61. The molecule has 1 heterocycles. The van der Waals surface area contributed by atoms with E-state index in [2.05, 4.69) is 17.4 Å². The normalized spacial score (nSPS) is 22.3. The highest BCUT2D eigenvalue weighted by Crippen LogP contribution is 2.25. The van der Waals surface area contributed by atoms with Gasteiger partial charge in [0.15, 0.2) is 9.84 Å². The molecule has 0 spiro atoms. The summed E-state index contributed by atoms with van der Waals surface area (Å²) in [6.45, 7) is 0.788. The summed E-state index contributed by atoms with van der Waals surface area (Å²) >= 11 is 0. The molecule has 1 aliphatic carbocycles. The molecule has 1 fully saturated rings. The van der Waals surface area contributed by atoms with Gasteiger partial charge in [-0.15, -0.1) is 0 Å². The molecule has 1 aromatic rings. The van der Waals surface area contributed by atoms with Gasteiger partial charge in [-0.05, 0) is 48.9 Å². The van der Waals surface area contributed by atoms with Crippen LogP contribution in [-0.2, 0) is 27.5 Å². The third-order valence-electron chi connectivity index (χ3n) is 4.34. The number of carbonyl (C=O) groups excluding carboxylic acids is 1. The van der Waals surface area contributed by atoms with Gasteiger partial charge in [0.1, 0.15) is 12.4 Å². The highest BCUT2D eigenvalue weighted by atomic mass is 32.2. The summed E-state index contributed by atoms with van der Waals surface area (Å²) in [6, 6.07) is 6.16. The summed E-state index contributed by atoms with van der Waals surface area (Å²) in [5.74, 6) is 0.350. The molecule has 1 atom stereocenters. The number of sulfone groups is 1. The Morgan fingerprint density at radius 1 is 1.27 bits per heavy atom. The van der Waals surface area contributed by atoms with Gasteiger partial charge in [-0.3, -0.25) is 4.79 Å². The molecule has 1 N–H and O–H groups in total. The molecule has 1 unspecified atom stereocenters. The number of nitrogens with one attached hydrogen (secondary N) is 1. The molecule has 0 aromatic heterocycles. The molecule has 3 rings (SSSR count). The van der Waals surface area contributed by atoms with Crippen molar-refractivity contribution < 1.29 is 17.9 Å². The van der Waals surface area contributed by atoms with Crippen LogP contribution in [0.25, 0.3) is 0 Å². The van der Waals surface area contributed by atoms with E-state index in [0.29, 0.717) is 19.6 Å². The van der Waals surface area contributed by atoms with Gasteiger partial charge in [-0.25, -0.2) is 8.42 Å². The van der Waals surface area contributed by atoms with Crippen molar-refractivity contribution >= 4 is 15.7 Å². The molecule has 5 nitrogen and oxygen atoms in total. The SMILES string of the molecule is O=C(NCCOc1ccc2c(c1)CCC2)C1CCS(=O)(=O)C1. The minimum absolute atomic E-state index is 0.0233. The summed E-state index contributed by atoms with van der Waals surface area (Å²) < 4.78 is 28.3. The molecule has 0 radical (unpaired) electrons. The van der Waals surface area contributed by atoms with Crippen molar-refractivity contribution in [1.82, 2.24) is 5.32 Å². The van der Waals surface area contributed by atoms with Crippen LogP contribution in [0.1, 0.15) is 24.0 Å². The summed E-state index contributed by atoms with van der Waals surface area (Å²) in [5, 5.41) is 2.76. The lowest BCUT2D eigenvalue weighted by molar-refractivity contribution is -0.124. The molecule has 22 heavy (non-hydrogen) atoms. The number of benzene rings is 1. The Balaban J connectivity index is 1.41. The van der Waals surface area contributed by atoms with E-state index in [4.69, 9.17) is 4.74 Å². The second-order valence-corrected chi connectivity index (χ2v) is 8.25. The van der Waals surface area contributed by atoms with Crippen LogP contribution in [0.5, 0.6) is 5.75 Å². The molecule has 0 saturated carbocycles. The number of aryl methyl sites for hydroxylation is 2. The van der Waals surface area contributed by atoms with Crippen molar-refractivity contribution in [2.45, 2.75) is 25.7 Å². The van der Waals surface area contributed by atoms with Crippen molar-refractivity contribution in [1.29, 1.82) is 0 Å². The number of hydrogen-bond acceptors (Lipinski definition) is 4. The summed E-state index contributed by atoms with van der Waals surface area (Å²) in [6.07, 6.45) is 3.90. The van der Waals surface area contributed by atoms with Crippen molar-refractivity contribution in [3.63, 3.8) is 0 Å². The lowest BCUT2D eigenvalue weighted by atomic mass is 10.1. The van der Waals surface area contributed by atoms with Crippen LogP contribution in [0, 0.1) is 5.92 Å². The van der Waals surface area contributed by atoms with Crippen LogP contribution >= 0.6 is 0 Å². The van der Waals surface area contributed by atoms with Gasteiger partial charge in [0.2, 0.25) is 5.91 Å². The van der Waals surface area contributed by atoms with Gasteiger partial charge in [-0.1, -0.05) is 6.07 Å². The largest absolute Gasteiger partial charge is 0.492 e. The van der Waals surface area contributed by atoms with E-state index in [-0.39, 0.29) is 17.4 Å². The molecular weight excluding hydrogens is 302 g/mol. The number of rotatable bonds is 5. The Kier molecular flexibility index (Phi) is 4.38. The molecule has 2 aliphatic rings. The molecule has 120 valence electrons. The van der Waals surface area contributed by atoms with Crippen LogP contribution < -0.4 is 10.1 Å². The average molecular weight is 323 g/mol. The van der Waals surface area contributed by atoms with Crippen molar-refractivity contribution in [3.05, 3.63) is 29.3 Å². The first-order valence-corrected chi connectivity index (χ1v) is 9.58. The Labute approximate surface area is 131 Å². The monoisotopic (exact) mass is 323 g/mol. The quantitative estimate of drug-likeness (QED) is 0.824. The van der Waals surface area contributed by atoms with E-state index >= 15 is 0 Å². The predicted octanol–water partition coefficient (Wildman–Crippen LogP) is 1.10. The van der Waals surface area contributed by atoms with E-state index in [1.54, 1.807) is 0 Å². The van der Waals surface area contributed by atoms with E-state index in [9.17, 15) is 13.2 Å². The number of fused-ring (bicyclic) bond motifs is 1.